The zero-order valence-corrected chi connectivity index (χ0v) is 18.3. The number of rotatable bonds is 6. The molecule has 162 valence electrons. The molecule has 0 aliphatic rings. The molecule has 0 fully saturated rings. The Morgan fingerprint density at radius 2 is 1.73 bits per heavy atom. The summed E-state index contributed by atoms with van der Waals surface area (Å²) in [5.41, 5.74) is 3.53. The predicted octanol–water partition coefficient (Wildman–Crippen LogP) is 4.25. The number of phenolic OH excluding ortho intramolecular Hbond substituents is 1. The highest BCUT2D eigenvalue weighted by atomic mass is 35.5. The van der Waals surface area contributed by atoms with Crippen molar-refractivity contribution in [1.82, 2.24) is 9.88 Å². The first kappa shape index (κ1) is 24.1. The molecule has 0 saturated heterocycles. The highest BCUT2D eigenvalue weighted by Gasteiger charge is 2.08. The number of nitrogens with zero attached hydrogens (tertiary/aromatic N) is 2. The zero-order valence-electron chi connectivity index (χ0n) is 16.7. The van der Waals surface area contributed by atoms with Crippen LogP contribution in [0.4, 0.5) is 11.4 Å². The van der Waals surface area contributed by atoms with Crippen LogP contribution < -0.4 is 5.32 Å². The van der Waals surface area contributed by atoms with Crippen molar-refractivity contribution in [2.24, 2.45) is 0 Å². The largest absolute Gasteiger partial charge is 0.508 e. The van der Waals surface area contributed by atoms with Gasteiger partial charge in [0.1, 0.15) is 5.75 Å². The third-order valence-electron chi connectivity index (χ3n) is 4.36. The number of aromatic hydroxyl groups is 1. The molecule has 0 aliphatic carbocycles. The van der Waals surface area contributed by atoms with Gasteiger partial charge >= 0.3 is 7.82 Å². The highest BCUT2D eigenvalue weighted by Crippen LogP contribution is 2.30. The van der Waals surface area contributed by atoms with Gasteiger partial charge in [0.05, 0.1) is 5.52 Å². The molecule has 0 bridgehead atoms. The number of hydrogen-bond donors (Lipinski definition) is 5. The standard InChI is InChI=1S/C20H22ClN3O.H3O4P/c1-3-24(4-2)13-14-5-7-16(12-20(14)25)23-18-9-10-22-19-11-15(21)6-8-17(18)19;1-5(2,3)4/h5-12,25H,3-4,13H2,1-2H3,(H,22,23);(H3,1,2,3,4). The zero-order chi connectivity index (χ0) is 22.3. The number of phosphoric acid groups is 1. The fourth-order valence-electron chi connectivity index (χ4n) is 2.85. The van der Waals surface area contributed by atoms with Crippen LogP contribution in [0.15, 0.2) is 48.7 Å². The van der Waals surface area contributed by atoms with Gasteiger partial charge < -0.3 is 25.1 Å². The van der Waals surface area contributed by atoms with E-state index >= 15 is 0 Å². The van der Waals surface area contributed by atoms with Gasteiger partial charge in [0.2, 0.25) is 0 Å². The Morgan fingerprint density at radius 3 is 2.33 bits per heavy atom. The summed E-state index contributed by atoms with van der Waals surface area (Å²) in [5.74, 6) is 0.304. The van der Waals surface area contributed by atoms with Crippen LogP contribution in [-0.2, 0) is 11.1 Å². The summed E-state index contributed by atoms with van der Waals surface area (Å²) >= 11 is 6.04. The fraction of sp³-hybridized carbons (Fsp3) is 0.250. The van der Waals surface area contributed by atoms with Gasteiger partial charge in [0.15, 0.2) is 0 Å². The van der Waals surface area contributed by atoms with Crippen molar-refractivity contribution in [3.05, 3.63) is 59.2 Å². The second-order valence-corrected chi connectivity index (χ2v) is 7.93. The Bertz CT molecular complexity index is 1030. The van der Waals surface area contributed by atoms with Crippen molar-refractivity contribution < 1.29 is 24.4 Å². The van der Waals surface area contributed by atoms with Crippen LogP contribution in [0.25, 0.3) is 10.9 Å². The van der Waals surface area contributed by atoms with Crippen molar-refractivity contribution in [1.29, 1.82) is 0 Å². The molecule has 0 spiro atoms. The van der Waals surface area contributed by atoms with Crippen LogP contribution in [0.3, 0.4) is 0 Å². The monoisotopic (exact) mass is 453 g/mol. The Kier molecular flexibility index (Phi) is 8.61. The Balaban J connectivity index is 0.000000575. The van der Waals surface area contributed by atoms with Crippen molar-refractivity contribution in [3.8, 4) is 5.75 Å². The summed E-state index contributed by atoms with van der Waals surface area (Å²) in [5, 5.41) is 15.4. The third-order valence-corrected chi connectivity index (χ3v) is 4.59. The number of nitrogens with one attached hydrogen (secondary N) is 1. The molecule has 3 rings (SSSR count). The quantitative estimate of drug-likeness (QED) is 0.351. The lowest BCUT2D eigenvalue weighted by Crippen LogP contribution is -2.22. The molecule has 0 atom stereocenters. The van der Waals surface area contributed by atoms with Gasteiger partial charge in [-0.2, -0.15) is 0 Å². The van der Waals surface area contributed by atoms with E-state index in [4.69, 9.17) is 30.8 Å². The normalized spacial score (nSPS) is 11.3. The van der Waals surface area contributed by atoms with E-state index in [-0.39, 0.29) is 0 Å². The molecule has 30 heavy (non-hydrogen) atoms. The van der Waals surface area contributed by atoms with Gasteiger partial charge in [-0.3, -0.25) is 9.88 Å². The summed E-state index contributed by atoms with van der Waals surface area (Å²) in [6, 6.07) is 13.3. The van der Waals surface area contributed by atoms with Gasteiger partial charge in [-0.25, -0.2) is 4.57 Å². The Hall–Kier alpha value is -2.19. The van der Waals surface area contributed by atoms with Gasteiger partial charge in [-0.1, -0.05) is 31.5 Å². The first-order valence-corrected chi connectivity index (χ1v) is 11.2. The van der Waals surface area contributed by atoms with Crippen LogP contribution in [0.2, 0.25) is 5.02 Å². The first-order chi connectivity index (χ1) is 14.1. The third kappa shape index (κ3) is 7.57. The minimum absolute atomic E-state index is 0.304. The average molecular weight is 454 g/mol. The van der Waals surface area contributed by atoms with Gasteiger partial charge in [0.25, 0.3) is 0 Å². The number of phenols is 1. The van der Waals surface area contributed by atoms with Crippen molar-refractivity contribution in [2.45, 2.75) is 20.4 Å². The Morgan fingerprint density at radius 1 is 1.07 bits per heavy atom. The van der Waals surface area contributed by atoms with Crippen LogP contribution in [0, 0.1) is 0 Å². The molecule has 2 aromatic carbocycles. The molecular formula is C20H25ClN3O5P. The highest BCUT2D eigenvalue weighted by molar-refractivity contribution is 7.45. The minimum Gasteiger partial charge on any atom is -0.508 e. The van der Waals surface area contributed by atoms with Crippen molar-refractivity contribution in [3.63, 3.8) is 0 Å². The van der Waals surface area contributed by atoms with E-state index in [1.54, 1.807) is 12.3 Å². The molecule has 0 radical (unpaired) electrons. The van der Waals surface area contributed by atoms with E-state index in [0.29, 0.717) is 10.8 Å². The van der Waals surface area contributed by atoms with Crippen molar-refractivity contribution >= 4 is 41.7 Å². The molecule has 0 saturated carbocycles. The molecule has 8 nitrogen and oxygen atoms in total. The second kappa shape index (κ2) is 10.7. The summed E-state index contributed by atoms with van der Waals surface area (Å²) in [6.07, 6.45) is 1.75. The second-order valence-electron chi connectivity index (χ2n) is 6.46. The van der Waals surface area contributed by atoms with E-state index in [1.807, 2.05) is 36.4 Å². The number of hydrogen-bond acceptors (Lipinski definition) is 5. The molecule has 5 N–H and O–H groups in total. The molecule has 0 unspecified atom stereocenters. The average Bonchev–Trinajstić information content (AvgIpc) is 2.66. The van der Waals surface area contributed by atoms with Gasteiger partial charge in [-0.05, 0) is 43.4 Å². The summed E-state index contributed by atoms with van der Waals surface area (Å²) in [7, 11) is -4.64. The maximum Gasteiger partial charge on any atom is 0.466 e. The smallest absolute Gasteiger partial charge is 0.466 e. The first-order valence-electron chi connectivity index (χ1n) is 9.24. The van der Waals surface area contributed by atoms with Crippen molar-refractivity contribution in [2.75, 3.05) is 18.4 Å². The Labute approximate surface area is 180 Å². The van der Waals surface area contributed by atoms with Crippen LogP contribution in [0.5, 0.6) is 5.75 Å². The number of aromatic nitrogens is 1. The molecule has 10 heteroatoms. The lowest BCUT2D eigenvalue weighted by atomic mass is 10.1. The molecular weight excluding hydrogens is 429 g/mol. The summed E-state index contributed by atoms with van der Waals surface area (Å²) < 4.78 is 8.88. The number of halogens is 1. The van der Waals surface area contributed by atoms with Crippen LogP contribution in [0.1, 0.15) is 19.4 Å². The molecule has 0 aliphatic heterocycles. The maximum atomic E-state index is 10.4. The van der Waals surface area contributed by atoms with E-state index in [9.17, 15) is 5.11 Å². The topological polar surface area (TPSA) is 126 Å². The van der Waals surface area contributed by atoms with E-state index < -0.39 is 7.82 Å². The number of fused-ring (bicyclic) bond motifs is 1. The summed E-state index contributed by atoms with van der Waals surface area (Å²) in [6.45, 7) is 6.91. The molecule has 1 heterocycles. The lowest BCUT2D eigenvalue weighted by Gasteiger charge is -2.19. The number of benzene rings is 2. The maximum absolute atomic E-state index is 10.4. The summed E-state index contributed by atoms with van der Waals surface area (Å²) in [4.78, 5) is 28.2. The fourth-order valence-corrected chi connectivity index (χ4v) is 3.02. The molecule has 3 aromatic rings. The van der Waals surface area contributed by atoms with E-state index in [0.717, 1.165) is 47.5 Å². The van der Waals surface area contributed by atoms with Gasteiger partial charge in [0, 0.05) is 46.2 Å². The minimum atomic E-state index is -4.64. The van der Waals surface area contributed by atoms with E-state index in [1.165, 1.54) is 0 Å². The van der Waals surface area contributed by atoms with Gasteiger partial charge in [-0.15, -0.1) is 0 Å². The SMILES string of the molecule is CCN(CC)Cc1ccc(Nc2ccnc3cc(Cl)ccc23)cc1O.O=P(O)(O)O. The number of pyridine rings is 1. The van der Waals surface area contributed by atoms with E-state index in [2.05, 4.69) is 29.0 Å². The molecule has 1 aromatic heterocycles. The number of anilines is 2. The van der Waals surface area contributed by atoms with Crippen LogP contribution in [-0.4, -0.2) is 42.8 Å². The lowest BCUT2D eigenvalue weighted by molar-refractivity contribution is 0.275. The molecule has 0 amide bonds. The van der Waals surface area contributed by atoms with Crippen LogP contribution >= 0.6 is 19.4 Å². The predicted molar refractivity (Wildman–Crippen MR) is 119 cm³/mol.